The molecule has 1 aliphatic heterocycles. The van der Waals surface area contributed by atoms with Gasteiger partial charge in [0.2, 0.25) is 10.0 Å². The fourth-order valence-corrected chi connectivity index (χ4v) is 5.02. The summed E-state index contributed by atoms with van der Waals surface area (Å²) in [4.78, 5) is 14.5. The topological polar surface area (TPSA) is 91.3 Å². The van der Waals surface area contributed by atoms with Gasteiger partial charge >= 0.3 is 0 Å². The molecule has 34 heavy (non-hydrogen) atoms. The van der Waals surface area contributed by atoms with Crippen molar-refractivity contribution in [3.63, 3.8) is 0 Å². The number of amides is 1. The minimum absolute atomic E-state index is 0.167. The summed E-state index contributed by atoms with van der Waals surface area (Å²) in [6.45, 7) is 6.63. The summed E-state index contributed by atoms with van der Waals surface area (Å²) in [6, 6.07) is 14.4. The van der Waals surface area contributed by atoms with Gasteiger partial charge in [0.15, 0.2) is 0 Å². The Morgan fingerprint density at radius 2 is 1.71 bits per heavy atom. The lowest BCUT2D eigenvalue weighted by Crippen LogP contribution is -2.50. The van der Waals surface area contributed by atoms with Gasteiger partial charge in [-0.15, -0.1) is 0 Å². The van der Waals surface area contributed by atoms with Crippen LogP contribution < -0.4 is 10.2 Å². The van der Waals surface area contributed by atoms with Crippen LogP contribution in [0.4, 0.5) is 0 Å². The molecular formula is C25H34N4O4S. The van der Waals surface area contributed by atoms with Gasteiger partial charge in [0.25, 0.3) is 5.91 Å². The average molecular weight is 487 g/mol. The van der Waals surface area contributed by atoms with E-state index >= 15 is 0 Å². The molecule has 184 valence electrons. The highest BCUT2D eigenvalue weighted by Crippen LogP contribution is 2.18. The first kappa shape index (κ1) is 25.9. The Labute approximate surface area is 202 Å². The standard InChI is InChI=1S/C25H34N4O4S/c1-3-4-5-18-33-23-10-8-22(9-11-23)19-26-27-25(30)20-28-14-16-29(17-15-28)34(31,32)24-12-6-21(2)7-13-24/h6-13,19H,3-5,14-18,20H2,1-2H3,(H,27,30)/b26-19-. The second kappa shape index (κ2) is 12.6. The zero-order valence-electron chi connectivity index (χ0n) is 19.9. The zero-order chi connectivity index (χ0) is 24.4. The highest BCUT2D eigenvalue weighted by molar-refractivity contribution is 7.89. The van der Waals surface area contributed by atoms with Crippen LogP contribution in [0.25, 0.3) is 0 Å². The van der Waals surface area contributed by atoms with Gasteiger partial charge in [-0.3, -0.25) is 9.69 Å². The van der Waals surface area contributed by atoms with E-state index in [9.17, 15) is 13.2 Å². The third kappa shape index (κ3) is 7.65. The number of piperazine rings is 1. The minimum atomic E-state index is -3.51. The van der Waals surface area contributed by atoms with Gasteiger partial charge < -0.3 is 4.74 Å². The second-order valence-corrected chi connectivity index (χ2v) is 10.3. The van der Waals surface area contributed by atoms with Crippen molar-refractivity contribution in [2.24, 2.45) is 5.10 Å². The molecule has 2 aromatic rings. The van der Waals surface area contributed by atoms with Crippen LogP contribution in [0.5, 0.6) is 5.75 Å². The van der Waals surface area contributed by atoms with E-state index in [0.717, 1.165) is 36.1 Å². The largest absolute Gasteiger partial charge is 0.494 e. The molecular weight excluding hydrogens is 452 g/mol. The Morgan fingerprint density at radius 3 is 2.35 bits per heavy atom. The molecule has 1 heterocycles. The van der Waals surface area contributed by atoms with Crippen molar-refractivity contribution in [2.45, 2.75) is 38.0 Å². The van der Waals surface area contributed by atoms with Crippen LogP contribution in [0.15, 0.2) is 58.5 Å². The molecule has 8 nitrogen and oxygen atoms in total. The number of nitrogens with zero attached hydrogens (tertiary/aromatic N) is 3. The van der Waals surface area contributed by atoms with Crippen LogP contribution in [0.1, 0.15) is 37.3 Å². The quantitative estimate of drug-likeness (QED) is 0.300. The van der Waals surface area contributed by atoms with Gasteiger partial charge in [-0.1, -0.05) is 37.5 Å². The number of hydrogen-bond donors (Lipinski definition) is 1. The number of ether oxygens (including phenoxy) is 1. The van der Waals surface area contributed by atoms with Gasteiger partial charge in [-0.2, -0.15) is 9.41 Å². The van der Waals surface area contributed by atoms with Gasteiger partial charge in [0.05, 0.1) is 24.3 Å². The lowest BCUT2D eigenvalue weighted by molar-refractivity contribution is -0.122. The smallest absolute Gasteiger partial charge is 0.254 e. The first-order valence-corrected chi connectivity index (χ1v) is 13.2. The molecule has 0 aromatic heterocycles. The number of hydrazone groups is 1. The van der Waals surface area contributed by atoms with Crippen LogP contribution in [-0.4, -0.2) is 69.1 Å². The van der Waals surface area contributed by atoms with Crippen molar-refractivity contribution in [3.8, 4) is 5.75 Å². The lowest BCUT2D eigenvalue weighted by atomic mass is 10.2. The maximum Gasteiger partial charge on any atom is 0.254 e. The molecule has 1 saturated heterocycles. The van der Waals surface area contributed by atoms with Gasteiger partial charge in [0.1, 0.15) is 5.75 Å². The number of carbonyl (C=O) groups is 1. The maximum absolute atomic E-state index is 12.8. The summed E-state index contributed by atoms with van der Waals surface area (Å²) in [6.07, 6.45) is 4.96. The summed E-state index contributed by atoms with van der Waals surface area (Å²) in [7, 11) is -3.51. The molecule has 3 rings (SSSR count). The molecule has 9 heteroatoms. The van der Waals surface area contributed by atoms with E-state index in [4.69, 9.17) is 4.74 Å². The fraction of sp³-hybridized carbons (Fsp3) is 0.440. The minimum Gasteiger partial charge on any atom is -0.494 e. The van der Waals surface area contributed by atoms with E-state index in [2.05, 4.69) is 17.5 Å². The molecule has 1 aliphatic rings. The van der Waals surface area contributed by atoms with Crippen molar-refractivity contribution in [3.05, 3.63) is 59.7 Å². The summed E-state index contributed by atoms with van der Waals surface area (Å²) in [5, 5.41) is 4.03. The molecule has 0 bridgehead atoms. The first-order chi connectivity index (χ1) is 16.4. The van der Waals surface area contributed by atoms with E-state index < -0.39 is 10.0 Å². The van der Waals surface area contributed by atoms with Crippen molar-refractivity contribution >= 4 is 22.1 Å². The molecule has 1 N–H and O–H groups in total. The fourth-order valence-electron chi connectivity index (χ4n) is 3.60. The highest BCUT2D eigenvalue weighted by Gasteiger charge is 2.28. The first-order valence-electron chi connectivity index (χ1n) is 11.7. The van der Waals surface area contributed by atoms with E-state index in [1.807, 2.05) is 36.1 Å². The molecule has 1 fully saturated rings. The Kier molecular flexibility index (Phi) is 9.62. The Morgan fingerprint density at radius 1 is 1.03 bits per heavy atom. The summed E-state index contributed by atoms with van der Waals surface area (Å²) < 4.78 is 32.8. The molecule has 0 radical (unpaired) electrons. The number of unbranched alkanes of at least 4 members (excludes halogenated alkanes) is 2. The SMILES string of the molecule is CCCCCOc1ccc(/C=N\NC(=O)CN2CCN(S(=O)(=O)c3ccc(C)cc3)CC2)cc1. The van der Waals surface area contributed by atoms with Crippen LogP contribution >= 0.6 is 0 Å². The number of benzene rings is 2. The van der Waals surface area contributed by atoms with Gasteiger partial charge in [-0.05, 0) is 55.3 Å². The molecule has 0 unspecified atom stereocenters. The predicted octanol–water partition coefficient (Wildman–Crippen LogP) is 3.02. The number of sulfonamides is 1. The Balaban J connectivity index is 1.39. The van der Waals surface area contributed by atoms with Crippen LogP contribution in [0, 0.1) is 6.92 Å². The summed E-state index contributed by atoms with van der Waals surface area (Å²) in [5.74, 6) is 0.586. The highest BCUT2D eigenvalue weighted by atomic mass is 32.2. The third-order valence-electron chi connectivity index (χ3n) is 5.66. The second-order valence-electron chi connectivity index (χ2n) is 8.41. The molecule has 1 amide bonds. The van der Waals surface area contributed by atoms with Crippen LogP contribution in [-0.2, 0) is 14.8 Å². The summed E-state index contributed by atoms with van der Waals surface area (Å²) in [5.41, 5.74) is 4.41. The van der Waals surface area contributed by atoms with E-state index in [1.165, 1.54) is 4.31 Å². The third-order valence-corrected chi connectivity index (χ3v) is 7.57. The van der Waals surface area contributed by atoms with Crippen LogP contribution in [0.3, 0.4) is 0 Å². The van der Waals surface area contributed by atoms with Crippen molar-refractivity contribution < 1.29 is 17.9 Å². The molecule has 0 spiro atoms. The van der Waals surface area contributed by atoms with Crippen LogP contribution in [0.2, 0.25) is 0 Å². The number of aryl methyl sites for hydroxylation is 1. The number of hydrogen-bond acceptors (Lipinski definition) is 6. The monoisotopic (exact) mass is 486 g/mol. The molecule has 0 aliphatic carbocycles. The Hall–Kier alpha value is -2.75. The number of rotatable bonds is 11. The van der Waals surface area contributed by atoms with Crippen molar-refractivity contribution in [1.29, 1.82) is 0 Å². The number of nitrogens with one attached hydrogen (secondary N) is 1. The summed E-state index contributed by atoms with van der Waals surface area (Å²) >= 11 is 0. The predicted molar refractivity (Wildman–Crippen MR) is 134 cm³/mol. The van der Waals surface area contributed by atoms with E-state index in [0.29, 0.717) is 37.7 Å². The Bertz CT molecular complexity index is 1050. The van der Waals surface area contributed by atoms with Gasteiger partial charge in [0, 0.05) is 26.2 Å². The maximum atomic E-state index is 12.8. The normalized spacial score (nSPS) is 15.5. The number of carbonyl (C=O) groups excluding carboxylic acids is 1. The van der Waals surface area contributed by atoms with Gasteiger partial charge in [-0.25, -0.2) is 13.8 Å². The molecule has 0 atom stereocenters. The zero-order valence-corrected chi connectivity index (χ0v) is 20.8. The lowest BCUT2D eigenvalue weighted by Gasteiger charge is -2.33. The van der Waals surface area contributed by atoms with Crippen molar-refractivity contribution in [1.82, 2.24) is 14.6 Å². The van der Waals surface area contributed by atoms with E-state index in [1.54, 1.807) is 30.5 Å². The molecule has 0 saturated carbocycles. The average Bonchev–Trinajstić information content (AvgIpc) is 2.83. The molecule has 2 aromatic carbocycles. The van der Waals surface area contributed by atoms with E-state index in [-0.39, 0.29) is 12.5 Å². The van der Waals surface area contributed by atoms with Crippen molar-refractivity contribution in [2.75, 3.05) is 39.3 Å².